The fraction of sp³-hybridized carbons (Fsp3) is 0.158. The Kier molecular flexibility index (Phi) is 4.42. The first-order valence-electron chi connectivity index (χ1n) is 7.67. The van der Waals surface area contributed by atoms with E-state index >= 15 is 0 Å². The molecule has 0 spiro atoms. The summed E-state index contributed by atoms with van der Waals surface area (Å²) in [6.07, 6.45) is 1.62. The van der Waals surface area contributed by atoms with Crippen molar-refractivity contribution in [3.8, 4) is 0 Å². The summed E-state index contributed by atoms with van der Waals surface area (Å²) in [6, 6.07) is 14.4. The number of benzene rings is 2. The van der Waals surface area contributed by atoms with Gasteiger partial charge in [0.1, 0.15) is 12.4 Å². The quantitative estimate of drug-likeness (QED) is 0.802. The van der Waals surface area contributed by atoms with Gasteiger partial charge in [-0.15, -0.1) is 0 Å². The maximum absolute atomic E-state index is 13.0. The van der Waals surface area contributed by atoms with Gasteiger partial charge in [0, 0.05) is 17.6 Å². The lowest BCUT2D eigenvalue weighted by molar-refractivity contribution is -0.122. The van der Waals surface area contributed by atoms with Crippen LogP contribution in [0.25, 0.3) is 10.9 Å². The number of nitrogens with one attached hydrogen (secondary N) is 1. The minimum absolute atomic E-state index is 0.0676. The van der Waals surface area contributed by atoms with Crippen LogP contribution in [-0.2, 0) is 11.3 Å². The van der Waals surface area contributed by atoms with Crippen molar-refractivity contribution in [3.05, 3.63) is 82.4 Å². The molecule has 0 aliphatic rings. The van der Waals surface area contributed by atoms with Crippen LogP contribution in [0.3, 0.4) is 0 Å². The van der Waals surface area contributed by atoms with Crippen molar-refractivity contribution in [2.45, 2.75) is 19.5 Å². The first-order chi connectivity index (χ1) is 11.5. The highest BCUT2D eigenvalue weighted by Crippen LogP contribution is 2.13. The highest BCUT2D eigenvalue weighted by molar-refractivity contribution is 5.82. The van der Waals surface area contributed by atoms with E-state index < -0.39 is 0 Å². The standard InChI is InChI=1S/C19H17FN2O2/c1-13(14-6-8-15(20)9-7-14)21-19(24)12-22-11-10-18(23)16-4-2-3-5-17(16)22/h2-11,13H,12H2,1H3,(H,21,24)/t13-/m0/s1. The summed E-state index contributed by atoms with van der Waals surface area (Å²) in [5.74, 6) is -0.488. The Bertz CT molecular complexity index is 932. The Morgan fingerprint density at radius 2 is 1.83 bits per heavy atom. The van der Waals surface area contributed by atoms with Gasteiger partial charge in [-0.05, 0) is 36.8 Å². The van der Waals surface area contributed by atoms with E-state index in [0.717, 1.165) is 11.1 Å². The second kappa shape index (κ2) is 6.66. The van der Waals surface area contributed by atoms with Gasteiger partial charge >= 0.3 is 0 Å². The second-order valence-corrected chi connectivity index (χ2v) is 5.67. The minimum atomic E-state index is -0.308. The van der Waals surface area contributed by atoms with Gasteiger partial charge in [0.25, 0.3) is 0 Å². The monoisotopic (exact) mass is 324 g/mol. The molecule has 1 amide bonds. The zero-order valence-electron chi connectivity index (χ0n) is 13.2. The van der Waals surface area contributed by atoms with Crippen molar-refractivity contribution in [3.63, 3.8) is 0 Å². The van der Waals surface area contributed by atoms with E-state index in [4.69, 9.17) is 0 Å². The Balaban J connectivity index is 1.77. The number of carbonyl (C=O) groups excluding carboxylic acids is 1. The number of aromatic nitrogens is 1. The maximum Gasteiger partial charge on any atom is 0.240 e. The van der Waals surface area contributed by atoms with Crippen molar-refractivity contribution in [1.29, 1.82) is 0 Å². The largest absolute Gasteiger partial charge is 0.348 e. The van der Waals surface area contributed by atoms with Gasteiger partial charge in [-0.3, -0.25) is 9.59 Å². The van der Waals surface area contributed by atoms with Crippen molar-refractivity contribution in [2.24, 2.45) is 0 Å². The van der Waals surface area contributed by atoms with Crippen LogP contribution in [0.5, 0.6) is 0 Å². The molecule has 1 N–H and O–H groups in total. The lowest BCUT2D eigenvalue weighted by atomic mass is 10.1. The number of hydrogen-bond donors (Lipinski definition) is 1. The van der Waals surface area contributed by atoms with Crippen LogP contribution in [-0.4, -0.2) is 10.5 Å². The fourth-order valence-electron chi connectivity index (χ4n) is 2.67. The number of para-hydroxylation sites is 1. The molecule has 5 heteroatoms. The fourth-order valence-corrected chi connectivity index (χ4v) is 2.67. The molecule has 2 aromatic carbocycles. The van der Waals surface area contributed by atoms with E-state index in [2.05, 4.69) is 5.32 Å². The summed E-state index contributed by atoms with van der Waals surface area (Å²) in [7, 11) is 0. The molecule has 0 saturated carbocycles. The van der Waals surface area contributed by atoms with Gasteiger partial charge in [-0.2, -0.15) is 0 Å². The Hall–Kier alpha value is -2.95. The highest BCUT2D eigenvalue weighted by Gasteiger charge is 2.11. The summed E-state index contributed by atoms with van der Waals surface area (Å²) in [5, 5.41) is 3.47. The number of fused-ring (bicyclic) bond motifs is 1. The molecular formula is C19H17FN2O2. The number of rotatable bonds is 4. The summed E-state index contributed by atoms with van der Waals surface area (Å²) in [5.41, 5.74) is 1.48. The van der Waals surface area contributed by atoms with Gasteiger partial charge in [0.2, 0.25) is 5.91 Å². The third-order valence-electron chi connectivity index (χ3n) is 3.95. The topological polar surface area (TPSA) is 51.1 Å². The molecule has 4 nitrogen and oxygen atoms in total. The predicted octanol–water partition coefficient (Wildman–Crippen LogP) is 3.02. The summed E-state index contributed by atoms with van der Waals surface area (Å²) >= 11 is 0. The normalized spacial score (nSPS) is 12.1. The molecule has 1 atom stereocenters. The Morgan fingerprint density at radius 1 is 1.12 bits per heavy atom. The third-order valence-corrected chi connectivity index (χ3v) is 3.95. The zero-order valence-corrected chi connectivity index (χ0v) is 13.2. The molecule has 1 aromatic heterocycles. The zero-order chi connectivity index (χ0) is 17.1. The molecule has 0 aliphatic carbocycles. The molecule has 3 rings (SSSR count). The van der Waals surface area contributed by atoms with Crippen molar-refractivity contribution in [2.75, 3.05) is 0 Å². The lowest BCUT2D eigenvalue weighted by Crippen LogP contribution is -2.30. The van der Waals surface area contributed by atoms with E-state index in [9.17, 15) is 14.0 Å². The van der Waals surface area contributed by atoms with E-state index in [0.29, 0.717) is 5.39 Å². The van der Waals surface area contributed by atoms with E-state index in [1.807, 2.05) is 19.1 Å². The van der Waals surface area contributed by atoms with Gasteiger partial charge in [0.05, 0.1) is 11.6 Å². The van der Waals surface area contributed by atoms with Crippen molar-refractivity contribution in [1.82, 2.24) is 9.88 Å². The lowest BCUT2D eigenvalue weighted by Gasteiger charge is -2.16. The highest BCUT2D eigenvalue weighted by atomic mass is 19.1. The van der Waals surface area contributed by atoms with Crippen LogP contribution < -0.4 is 10.7 Å². The summed E-state index contributed by atoms with van der Waals surface area (Å²) in [4.78, 5) is 24.2. The van der Waals surface area contributed by atoms with Gasteiger partial charge in [-0.25, -0.2) is 4.39 Å². The maximum atomic E-state index is 13.0. The number of hydrogen-bond acceptors (Lipinski definition) is 2. The molecule has 0 bridgehead atoms. The van der Waals surface area contributed by atoms with E-state index in [1.54, 1.807) is 35.0 Å². The molecule has 0 fully saturated rings. The van der Waals surface area contributed by atoms with E-state index in [1.165, 1.54) is 18.2 Å². The van der Waals surface area contributed by atoms with Crippen LogP contribution in [0.15, 0.2) is 65.6 Å². The first kappa shape index (κ1) is 15.9. The summed E-state index contributed by atoms with van der Waals surface area (Å²) in [6.45, 7) is 1.95. The average molecular weight is 324 g/mol. The number of pyridine rings is 1. The molecule has 3 aromatic rings. The predicted molar refractivity (Wildman–Crippen MR) is 91.2 cm³/mol. The van der Waals surface area contributed by atoms with Crippen LogP contribution in [0.4, 0.5) is 4.39 Å². The number of nitrogens with zero attached hydrogens (tertiary/aromatic N) is 1. The van der Waals surface area contributed by atoms with Gasteiger partial charge in [-0.1, -0.05) is 24.3 Å². The average Bonchev–Trinajstić information content (AvgIpc) is 2.58. The Labute approximate surface area is 138 Å². The van der Waals surface area contributed by atoms with Crippen LogP contribution in [0, 0.1) is 5.82 Å². The summed E-state index contributed by atoms with van der Waals surface area (Å²) < 4.78 is 14.7. The SMILES string of the molecule is C[C@H](NC(=O)Cn1ccc(=O)c2ccccc21)c1ccc(F)cc1. The van der Waals surface area contributed by atoms with Gasteiger partial charge in [0.15, 0.2) is 5.43 Å². The number of carbonyl (C=O) groups is 1. The molecule has 0 radical (unpaired) electrons. The molecular weight excluding hydrogens is 307 g/mol. The second-order valence-electron chi connectivity index (χ2n) is 5.67. The molecule has 0 aliphatic heterocycles. The first-order valence-corrected chi connectivity index (χ1v) is 7.67. The smallest absolute Gasteiger partial charge is 0.240 e. The van der Waals surface area contributed by atoms with Gasteiger partial charge < -0.3 is 9.88 Å². The molecule has 24 heavy (non-hydrogen) atoms. The molecule has 0 unspecified atom stereocenters. The van der Waals surface area contributed by atoms with Crippen LogP contribution >= 0.6 is 0 Å². The van der Waals surface area contributed by atoms with Crippen molar-refractivity contribution >= 4 is 16.8 Å². The van der Waals surface area contributed by atoms with Crippen LogP contribution in [0.2, 0.25) is 0 Å². The molecule has 0 saturated heterocycles. The number of amides is 1. The van der Waals surface area contributed by atoms with Crippen molar-refractivity contribution < 1.29 is 9.18 Å². The number of halogens is 1. The molecule has 1 heterocycles. The molecule has 122 valence electrons. The van der Waals surface area contributed by atoms with E-state index in [-0.39, 0.29) is 29.7 Å². The minimum Gasteiger partial charge on any atom is -0.348 e. The third kappa shape index (κ3) is 3.35. The Morgan fingerprint density at radius 3 is 2.58 bits per heavy atom. The van der Waals surface area contributed by atoms with Crippen LogP contribution in [0.1, 0.15) is 18.5 Å².